The molecule has 0 spiro atoms. The van der Waals surface area contributed by atoms with Crippen LogP contribution in [0, 0.1) is 13.0 Å². The van der Waals surface area contributed by atoms with Crippen molar-refractivity contribution in [1.29, 1.82) is 0 Å². The molecule has 0 aromatic heterocycles. The van der Waals surface area contributed by atoms with Gasteiger partial charge in [0.2, 0.25) is 5.91 Å². The molecule has 1 radical (unpaired) electrons. The van der Waals surface area contributed by atoms with Crippen LogP contribution >= 0.6 is 0 Å². The molecule has 0 unspecified atom stereocenters. The first-order valence-corrected chi connectivity index (χ1v) is 5.14. The number of piperazine rings is 1. The maximum Gasteiger partial charge on any atom is 0.230 e. The molecule has 1 aromatic rings. The summed E-state index contributed by atoms with van der Waals surface area (Å²) in [4.78, 5) is 15.6. The number of hydrogen-bond donors (Lipinski definition) is 0. The maximum atomic E-state index is 11.8. The van der Waals surface area contributed by atoms with E-state index < -0.39 is 0 Å². The molecule has 0 saturated carbocycles. The average molecular weight is 292 g/mol. The molecule has 0 N–H and O–H groups in total. The standard InChI is InChI=1S/C12H15N2O.Y/c1-10-3-5-11(6-4-10)14-8-7-13(2)9-12(14)15;/h3,5-6H,7-9H2,1-2H3;/q-1;. The Hall–Kier alpha value is -0.246. The van der Waals surface area contributed by atoms with Gasteiger partial charge in [0.1, 0.15) is 0 Å². The van der Waals surface area contributed by atoms with Gasteiger partial charge in [0.05, 0.1) is 6.54 Å². The summed E-state index contributed by atoms with van der Waals surface area (Å²) >= 11 is 0. The molecular formula is C12H15N2OY-. The fraction of sp³-hybridized carbons (Fsp3) is 0.417. The van der Waals surface area contributed by atoms with Crippen molar-refractivity contribution in [1.82, 2.24) is 4.90 Å². The number of benzene rings is 1. The molecule has 3 nitrogen and oxygen atoms in total. The van der Waals surface area contributed by atoms with Crippen molar-refractivity contribution < 1.29 is 37.5 Å². The van der Waals surface area contributed by atoms with Gasteiger partial charge in [0.15, 0.2) is 0 Å². The van der Waals surface area contributed by atoms with Gasteiger partial charge in [-0.3, -0.25) is 9.69 Å². The number of likely N-dealkylation sites (N-methyl/N-ethyl adjacent to an activating group) is 1. The second-order valence-electron chi connectivity index (χ2n) is 4.01. The van der Waals surface area contributed by atoms with Crippen molar-refractivity contribution in [2.45, 2.75) is 6.92 Å². The van der Waals surface area contributed by atoms with Crippen molar-refractivity contribution in [3.05, 3.63) is 29.8 Å². The summed E-state index contributed by atoms with van der Waals surface area (Å²) in [6.07, 6.45) is 0. The minimum Gasteiger partial charge on any atom is -0.364 e. The van der Waals surface area contributed by atoms with Gasteiger partial charge in [0, 0.05) is 45.8 Å². The number of hydrogen-bond acceptors (Lipinski definition) is 2. The number of carbonyl (C=O) groups is 1. The van der Waals surface area contributed by atoms with Crippen LogP contribution in [0.4, 0.5) is 5.69 Å². The zero-order valence-corrected chi connectivity index (χ0v) is 12.6. The predicted octanol–water partition coefficient (Wildman–Crippen LogP) is 1.07. The van der Waals surface area contributed by atoms with E-state index in [1.807, 2.05) is 42.0 Å². The number of amides is 1. The number of anilines is 1. The van der Waals surface area contributed by atoms with Gasteiger partial charge in [-0.25, -0.2) is 0 Å². The Morgan fingerprint density at radius 3 is 2.62 bits per heavy atom. The first-order valence-electron chi connectivity index (χ1n) is 5.14. The van der Waals surface area contributed by atoms with Crippen LogP contribution in [0.25, 0.3) is 0 Å². The molecular weight excluding hydrogens is 277 g/mol. The van der Waals surface area contributed by atoms with Gasteiger partial charge < -0.3 is 4.90 Å². The molecule has 0 bridgehead atoms. The summed E-state index contributed by atoms with van der Waals surface area (Å²) < 4.78 is 0. The molecule has 4 heteroatoms. The number of aryl methyl sites for hydroxylation is 1. The van der Waals surface area contributed by atoms with E-state index in [0.717, 1.165) is 24.3 Å². The summed E-state index contributed by atoms with van der Waals surface area (Å²) in [6, 6.07) is 8.98. The summed E-state index contributed by atoms with van der Waals surface area (Å²) in [6.45, 7) is 4.20. The van der Waals surface area contributed by atoms with Crippen molar-refractivity contribution in [2.75, 3.05) is 31.6 Å². The summed E-state index contributed by atoms with van der Waals surface area (Å²) in [7, 11) is 1.97. The second kappa shape index (κ2) is 5.90. The van der Waals surface area contributed by atoms with Crippen molar-refractivity contribution in [3.63, 3.8) is 0 Å². The minimum absolute atomic E-state index is 0. The molecule has 83 valence electrons. The van der Waals surface area contributed by atoms with Crippen LogP contribution in [0.3, 0.4) is 0 Å². The molecule has 1 saturated heterocycles. The largest absolute Gasteiger partial charge is 0.364 e. The van der Waals surface area contributed by atoms with Crippen LogP contribution in [0.1, 0.15) is 5.56 Å². The zero-order chi connectivity index (χ0) is 10.8. The topological polar surface area (TPSA) is 23.6 Å². The SMILES string of the molecule is Cc1[c-]cc(N2CCN(C)CC2=O)cc1.[Y]. The fourth-order valence-corrected chi connectivity index (χ4v) is 1.73. The monoisotopic (exact) mass is 292 g/mol. The van der Waals surface area contributed by atoms with E-state index in [0.29, 0.717) is 6.54 Å². The normalized spacial score (nSPS) is 17.1. The number of nitrogens with zero attached hydrogens (tertiary/aromatic N) is 2. The van der Waals surface area contributed by atoms with Gasteiger partial charge >= 0.3 is 0 Å². The maximum absolute atomic E-state index is 11.8. The average Bonchev–Trinajstić information content (AvgIpc) is 2.20. The molecule has 1 fully saturated rings. The summed E-state index contributed by atoms with van der Waals surface area (Å²) in [5.74, 6) is 0.168. The Morgan fingerprint density at radius 1 is 1.31 bits per heavy atom. The Kier molecular flexibility index (Phi) is 5.09. The van der Waals surface area contributed by atoms with E-state index in [2.05, 4.69) is 6.07 Å². The summed E-state index contributed by atoms with van der Waals surface area (Å²) in [5, 5.41) is 0. The molecule has 1 aromatic carbocycles. The van der Waals surface area contributed by atoms with E-state index in [9.17, 15) is 4.79 Å². The van der Waals surface area contributed by atoms with Crippen molar-refractivity contribution in [2.24, 2.45) is 0 Å². The van der Waals surface area contributed by atoms with Crippen molar-refractivity contribution >= 4 is 11.6 Å². The van der Waals surface area contributed by atoms with Gasteiger partial charge in [-0.1, -0.05) is 12.6 Å². The quantitative estimate of drug-likeness (QED) is 0.723. The van der Waals surface area contributed by atoms with Gasteiger partial charge in [0.25, 0.3) is 0 Å². The van der Waals surface area contributed by atoms with Crippen LogP contribution < -0.4 is 4.90 Å². The van der Waals surface area contributed by atoms with Gasteiger partial charge in [-0.2, -0.15) is 23.8 Å². The number of carbonyl (C=O) groups excluding carboxylic acids is 1. The molecule has 0 atom stereocenters. The van der Waals surface area contributed by atoms with Crippen LogP contribution in [0.15, 0.2) is 18.2 Å². The third-order valence-corrected chi connectivity index (χ3v) is 2.68. The predicted molar refractivity (Wildman–Crippen MR) is 59.9 cm³/mol. The number of rotatable bonds is 1. The first kappa shape index (κ1) is 13.8. The molecule has 0 aliphatic carbocycles. The molecule has 1 heterocycles. The molecule has 1 amide bonds. The molecule has 1 aliphatic heterocycles. The van der Waals surface area contributed by atoms with E-state index in [4.69, 9.17) is 0 Å². The molecule has 16 heavy (non-hydrogen) atoms. The van der Waals surface area contributed by atoms with Crippen LogP contribution in [-0.2, 0) is 37.5 Å². The smallest absolute Gasteiger partial charge is 0.230 e. The zero-order valence-electron chi connectivity index (χ0n) is 9.73. The van der Waals surface area contributed by atoms with Gasteiger partial charge in [-0.05, 0) is 7.05 Å². The van der Waals surface area contributed by atoms with Crippen LogP contribution in [0.5, 0.6) is 0 Å². The molecule has 2 rings (SSSR count). The van der Waals surface area contributed by atoms with E-state index in [-0.39, 0.29) is 38.6 Å². The Labute approximate surface area is 122 Å². The Bertz CT molecular complexity index is 364. The van der Waals surface area contributed by atoms with Crippen molar-refractivity contribution in [3.8, 4) is 0 Å². The third kappa shape index (κ3) is 3.13. The fourth-order valence-electron chi connectivity index (χ4n) is 1.73. The summed E-state index contributed by atoms with van der Waals surface area (Å²) in [5.41, 5.74) is 2.05. The first-order chi connectivity index (χ1) is 7.16. The minimum atomic E-state index is 0. The molecule has 1 aliphatic rings. The Morgan fingerprint density at radius 2 is 2.06 bits per heavy atom. The second-order valence-corrected chi connectivity index (χ2v) is 4.01. The van der Waals surface area contributed by atoms with E-state index >= 15 is 0 Å². The van der Waals surface area contributed by atoms with E-state index in [1.54, 1.807) is 0 Å². The van der Waals surface area contributed by atoms with Gasteiger partial charge in [-0.15, -0.1) is 6.07 Å². The third-order valence-electron chi connectivity index (χ3n) is 2.68. The van der Waals surface area contributed by atoms with E-state index in [1.165, 1.54) is 0 Å². The van der Waals surface area contributed by atoms with Crippen LogP contribution in [-0.4, -0.2) is 37.5 Å². The van der Waals surface area contributed by atoms with Crippen LogP contribution in [0.2, 0.25) is 0 Å². The Balaban J connectivity index is 0.00000128.